The fraction of sp³-hybridized carbons (Fsp3) is 0.0667. The second kappa shape index (κ2) is 4.82. The number of benzene rings is 1. The molecule has 0 unspecified atom stereocenters. The van der Waals surface area contributed by atoms with Gasteiger partial charge in [-0.15, -0.1) is 17.9 Å². The quantitative estimate of drug-likeness (QED) is 0.536. The number of para-hydroxylation sites is 1. The summed E-state index contributed by atoms with van der Waals surface area (Å²) in [5, 5.41) is 3.31. The predicted molar refractivity (Wildman–Crippen MR) is 77.7 cm³/mol. The van der Waals surface area contributed by atoms with Gasteiger partial charge in [-0.1, -0.05) is 24.3 Å². The Morgan fingerprint density at radius 3 is 3.00 bits per heavy atom. The second-order valence-electron chi connectivity index (χ2n) is 4.17. The Hall–Kier alpha value is -2.20. The van der Waals surface area contributed by atoms with Crippen LogP contribution in [0, 0.1) is 0 Å². The fourth-order valence-electron chi connectivity index (χ4n) is 2.17. The van der Waals surface area contributed by atoms with E-state index in [-0.39, 0.29) is 5.78 Å². The van der Waals surface area contributed by atoms with E-state index in [1.807, 2.05) is 46.5 Å². The summed E-state index contributed by atoms with van der Waals surface area (Å²) in [4.78, 5) is 16.5. The first-order valence-corrected chi connectivity index (χ1v) is 6.82. The standard InChI is InChI=1S/C15H12N2OS/c1-2-8-17-10-12(11-5-3-4-6-13(11)17)14(18)15-16-7-9-19-15/h2-7,9-10H,1,8H2. The number of fused-ring (bicyclic) bond motifs is 1. The van der Waals surface area contributed by atoms with Gasteiger partial charge in [-0.05, 0) is 6.07 Å². The molecular formula is C15H12N2OS. The summed E-state index contributed by atoms with van der Waals surface area (Å²) in [7, 11) is 0. The summed E-state index contributed by atoms with van der Waals surface area (Å²) < 4.78 is 2.03. The number of nitrogens with zero attached hydrogens (tertiary/aromatic N) is 2. The molecule has 2 heterocycles. The van der Waals surface area contributed by atoms with Gasteiger partial charge >= 0.3 is 0 Å². The van der Waals surface area contributed by atoms with Crippen LogP contribution >= 0.6 is 11.3 Å². The highest BCUT2D eigenvalue weighted by Gasteiger charge is 2.17. The maximum Gasteiger partial charge on any atom is 0.223 e. The molecule has 3 aromatic rings. The lowest BCUT2D eigenvalue weighted by Gasteiger charge is -1.98. The van der Waals surface area contributed by atoms with E-state index in [1.165, 1.54) is 11.3 Å². The molecular weight excluding hydrogens is 256 g/mol. The second-order valence-corrected chi connectivity index (χ2v) is 5.06. The van der Waals surface area contributed by atoms with Gasteiger partial charge in [0.15, 0.2) is 5.01 Å². The monoisotopic (exact) mass is 268 g/mol. The lowest BCUT2D eigenvalue weighted by molar-refractivity contribution is 0.104. The Balaban J connectivity index is 2.18. The minimum absolute atomic E-state index is 0.0194. The molecule has 0 aliphatic rings. The van der Waals surface area contributed by atoms with Crippen molar-refractivity contribution in [1.82, 2.24) is 9.55 Å². The van der Waals surface area contributed by atoms with Crippen molar-refractivity contribution in [3.8, 4) is 0 Å². The van der Waals surface area contributed by atoms with Crippen LogP contribution in [0.15, 0.2) is 54.7 Å². The molecule has 0 aliphatic carbocycles. The molecule has 1 aromatic carbocycles. The Morgan fingerprint density at radius 1 is 1.42 bits per heavy atom. The molecule has 3 nitrogen and oxygen atoms in total. The zero-order chi connectivity index (χ0) is 13.2. The lowest BCUT2D eigenvalue weighted by Crippen LogP contribution is -1.99. The Labute approximate surface area is 114 Å². The highest BCUT2D eigenvalue weighted by atomic mass is 32.1. The average molecular weight is 268 g/mol. The molecule has 0 spiro atoms. The first kappa shape index (κ1) is 11.9. The van der Waals surface area contributed by atoms with Crippen molar-refractivity contribution in [3.63, 3.8) is 0 Å². The Bertz CT molecular complexity index is 741. The van der Waals surface area contributed by atoms with Crippen molar-refractivity contribution in [1.29, 1.82) is 0 Å². The SMILES string of the molecule is C=CCn1cc(C(=O)c2nccs2)c2ccccc21. The molecule has 0 bridgehead atoms. The summed E-state index contributed by atoms with van der Waals surface area (Å²) in [5.74, 6) is -0.0194. The van der Waals surface area contributed by atoms with Crippen molar-refractivity contribution in [2.45, 2.75) is 6.54 Å². The van der Waals surface area contributed by atoms with E-state index in [9.17, 15) is 4.79 Å². The number of thiazole rings is 1. The first-order chi connectivity index (χ1) is 9.31. The fourth-order valence-corrected chi connectivity index (χ4v) is 2.76. The third kappa shape index (κ3) is 2.00. The highest BCUT2D eigenvalue weighted by molar-refractivity contribution is 7.11. The van der Waals surface area contributed by atoms with Crippen molar-refractivity contribution in [3.05, 3.63) is 65.3 Å². The lowest BCUT2D eigenvalue weighted by atomic mass is 10.1. The number of carbonyl (C=O) groups excluding carboxylic acids is 1. The Morgan fingerprint density at radius 2 is 2.26 bits per heavy atom. The topological polar surface area (TPSA) is 34.9 Å². The van der Waals surface area contributed by atoms with Gasteiger partial charge in [0.2, 0.25) is 5.78 Å². The van der Waals surface area contributed by atoms with Crippen molar-refractivity contribution in [2.75, 3.05) is 0 Å². The van der Waals surface area contributed by atoms with Gasteiger partial charge in [-0.2, -0.15) is 0 Å². The number of hydrogen-bond donors (Lipinski definition) is 0. The molecule has 0 aliphatic heterocycles. The summed E-state index contributed by atoms with van der Waals surface area (Å²) in [5.41, 5.74) is 1.75. The minimum atomic E-state index is -0.0194. The van der Waals surface area contributed by atoms with Gasteiger partial charge < -0.3 is 4.57 Å². The van der Waals surface area contributed by atoms with E-state index in [4.69, 9.17) is 0 Å². The van der Waals surface area contributed by atoms with Gasteiger partial charge in [0.25, 0.3) is 0 Å². The molecule has 94 valence electrons. The van der Waals surface area contributed by atoms with E-state index in [2.05, 4.69) is 11.6 Å². The van der Waals surface area contributed by atoms with Gasteiger partial charge in [0.05, 0.1) is 5.56 Å². The van der Waals surface area contributed by atoms with Crippen LogP contribution in [0.25, 0.3) is 10.9 Å². The number of allylic oxidation sites excluding steroid dienone is 1. The van der Waals surface area contributed by atoms with Crippen LogP contribution in [0.4, 0.5) is 0 Å². The van der Waals surface area contributed by atoms with Crippen LogP contribution in [0.3, 0.4) is 0 Å². The van der Waals surface area contributed by atoms with Crippen molar-refractivity contribution < 1.29 is 4.79 Å². The summed E-state index contributed by atoms with van der Waals surface area (Å²) in [6.07, 6.45) is 5.36. The molecule has 0 atom stereocenters. The smallest absolute Gasteiger partial charge is 0.223 e. The molecule has 0 fully saturated rings. The number of aromatic nitrogens is 2. The molecule has 2 aromatic heterocycles. The van der Waals surface area contributed by atoms with E-state index >= 15 is 0 Å². The van der Waals surface area contributed by atoms with Crippen molar-refractivity contribution >= 4 is 28.0 Å². The molecule has 0 N–H and O–H groups in total. The average Bonchev–Trinajstić information content (AvgIpc) is 3.07. The van der Waals surface area contributed by atoms with E-state index in [0.717, 1.165) is 10.9 Å². The van der Waals surface area contributed by atoms with Crippen LogP contribution in [-0.2, 0) is 6.54 Å². The molecule has 0 radical (unpaired) electrons. The third-order valence-electron chi connectivity index (χ3n) is 2.99. The Kier molecular flexibility index (Phi) is 3.01. The largest absolute Gasteiger partial charge is 0.343 e. The zero-order valence-corrected chi connectivity index (χ0v) is 11.1. The molecule has 0 saturated heterocycles. The third-order valence-corrected chi connectivity index (χ3v) is 3.76. The molecule has 3 rings (SSSR count). The van der Waals surface area contributed by atoms with Crippen LogP contribution < -0.4 is 0 Å². The first-order valence-electron chi connectivity index (χ1n) is 5.94. The maximum absolute atomic E-state index is 12.4. The molecule has 19 heavy (non-hydrogen) atoms. The molecule has 0 saturated carbocycles. The predicted octanol–water partition coefficient (Wildman–Crippen LogP) is 3.51. The van der Waals surface area contributed by atoms with Gasteiger partial charge in [-0.25, -0.2) is 4.98 Å². The van der Waals surface area contributed by atoms with E-state index in [1.54, 1.807) is 6.20 Å². The van der Waals surface area contributed by atoms with Gasteiger partial charge in [-0.3, -0.25) is 4.79 Å². The van der Waals surface area contributed by atoms with E-state index < -0.39 is 0 Å². The summed E-state index contributed by atoms with van der Waals surface area (Å²) >= 11 is 1.37. The number of rotatable bonds is 4. The number of carbonyl (C=O) groups is 1. The normalized spacial score (nSPS) is 10.7. The van der Waals surface area contributed by atoms with Gasteiger partial charge in [0.1, 0.15) is 0 Å². The van der Waals surface area contributed by atoms with Crippen LogP contribution in [0.1, 0.15) is 15.4 Å². The van der Waals surface area contributed by atoms with Crippen LogP contribution in [-0.4, -0.2) is 15.3 Å². The van der Waals surface area contributed by atoms with E-state index in [0.29, 0.717) is 17.1 Å². The summed E-state index contributed by atoms with van der Waals surface area (Å²) in [6.45, 7) is 4.44. The number of ketones is 1. The van der Waals surface area contributed by atoms with Gasteiger partial charge in [0, 0.05) is 35.2 Å². The van der Waals surface area contributed by atoms with Crippen LogP contribution in [0.5, 0.6) is 0 Å². The molecule has 0 amide bonds. The summed E-state index contributed by atoms with van der Waals surface area (Å²) in [6, 6.07) is 7.89. The van der Waals surface area contributed by atoms with Crippen LogP contribution in [0.2, 0.25) is 0 Å². The number of hydrogen-bond acceptors (Lipinski definition) is 3. The van der Waals surface area contributed by atoms with Crippen molar-refractivity contribution in [2.24, 2.45) is 0 Å². The molecule has 4 heteroatoms. The highest BCUT2D eigenvalue weighted by Crippen LogP contribution is 2.24. The maximum atomic E-state index is 12.4. The zero-order valence-electron chi connectivity index (χ0n) is 10.2. The minimum Gasteiger partial charge on any atom is -0.343 e.